The molecule has 0 aliphatic carbocycles. The Hall–Kier alpha value is -1.73. The van der Waals surface area contributed by atoms with Crippen molar-refractivity contribution in [3.63, 3.8) is 0 Å². The second-order valence-corrected chi connectivity index (χ2v) is 4.53. The van der Waals surface area contributed by atoms with Gasteiger partial charge in [-0.3, -0.25) is 0 Å². The van der Waals surface area contributed by atoms with Crippen molar-refractivity contribution in [2.75, 3.05) is 0 Å². The lowest BCUT2D eigenvalue weighted by atomic mass is 9.98. The highest BCUT2D eigenvalue weighted by molar-refractivity contribution is 7.80. The Morgan fingerprint density at radius 2 is 1.35 bits per heavy atom. The summed E-state index contributed by atoms with van der Waals surface area (Å²) < 4.78 is 0. The highest BCUT2D eigenvalue weighted by Gasteiger charge is 2.06. The fraction of sp³-hybridized carbons (Fsp3) is 0. The summed E-state index contributed by atoms with van der Waals surface area (Å²) in [5, 5.41) is 2.51. The van der Waals surface area contributed by atoms with Gasteiger partial charge in [0.1, 0.15) is 0 Å². The van der Waals surface area contributed by atoms with E-state index < -0.39 is 0 Å². The molecule has 0 bridgehead atoms. The molecule has 17 heavy (non-hydrogen) atoms. The molecule has 0 saturated carbocycles. The molecule has 0 nitrogen and oxygen atoms in total. The zero-order valence-corrected chi connectivity index (χ0v) is 10.2. The Balaban J connectivity index is 2.39. The Labute approximate surface area is 106 Å². The lowest BCUT2D eigenvalue weighted by Gasteiger charge is -2.09. The molecule has 0 amide bonds. The first-order chi connectivity index (χ1) is 8.36. The first kappa shape index (κ1) is 10.4. The predicted molar refractivity (Wildman–Crippen MR) is 76.6 cm³/mol. The number of hydrogen-bond acceptors (Lipinski definition) is 1. The molecule has 0 fully saturated rings. The Bertz CT molecular complexity index is 657. The highest BCUT2D eigenvalue weighted by Crippen LogP contribution is 2.33. The molecule has 0 aliphatic heterocycles. The van der Waals surface area contributed by atoms with Gasteiger partial charge in [-0.05, 0) is 22.4 Å². The molecule has 0 N–H and O–H groups in total. The largest absolute Gasteiger partial charge is 0.143 e. The fourth-order valence-corrected chi connectivity index (χ4v) is 2.49. The van der Waals surface area contributed by atoms with Crippen LogP contribution >= 0.6 is 12.6 Å². The number of benzene rings is 3. The maximum absolute atomic E-state index is 4.59. The number of hydrogen-bond donors (Lipinski definition) is 1. The lowest BCUT2D eigenvalue weighted by Crippen LogP contribution is -1.83. The van der Waals surface area contributed by atoms with Crippen molar-refractivity contribution in [2.24, 2.45) is 0 Å². The topological polar surface area (TPSA) is 0 Å². The summed E-state index contributed by atoms with van der Waals surface area (Å²) in [6, 6.07) is 23.0. The summed E-state index contributed by atoms with van der Waals surface area (Å²) >= 11 is 4.59. The van der Waals surface area contributed by atoms with E-state index in [-0.39, 0.29) is 0 Å². The van der Waals surface area contributed by atoms with Gasteiger partial charge in [-0.25, -0.2) is 0 Å². The van der Waals surface area contributed by atoms with Gasteiger partial charge in [-0.2, -0.15) is 0 Å². The molecule has 0 aromatic heterocycles. The van der Waals surface area contributed by atoms with Crippen molar-refractivity contribution in [3.8, 4) is 11.1 Å². The highest BCUT2D eigenvalue weighted by atomic mass is 32.1. The lowest BCUT2D eigenvalue weighted by molar-refractivity contribution is 1.50. The number of fused-ring (bicyclic) bond motifs is 1. The van der Waals surface area contributed by atoms with Gasteiger partial charge in [0.25, 0.3) is 0 Å². The van der Waals surface area contributed by atoms with Gasteiger partial charge < -0.3 is 0 Å². The second-order valence-electron chi connectivity index (χ2n) is 4.05. The molecular weight excluding hydrogens is 224 g/mol. The van der Waals surface area contributed by atoms with E-state index in [1.54, 1.807) is 0 Å². The van der Waals surface area contributed by atoms with Crippen molar-refractivity contribution in [1.82, 2.24) is 0 Å². The average molecular weight is 236 g/mol. The third kappa shape index (κ3) is 1.83. The van der Waals surface area contributed by atoms with E-state index in [0.717, 1.165) is 4.90 Å². The summed E-state index contributed by atoms with van der Waals surface area (Å²) in [5.74, 6) is 0. The number of rotatable bonds is 1. The van der Waals surface area contributed by atoms with E-state index >= 15 is 0 Å². The maximum Gasteiger partial charge on any atom is 0.0125 e. The molecule has 0 atom stereocenters. The second kappa shape index (κ2) is 4.27. The molecule has 0 unspecified atom stereocenters. The zero-order chi connectivity index (χ0) is 11.7. The van der Waals surface area contributed by atoms with Gasteiger partial charge in [-0.15, -0.1) is 12.6 Å². The zero-order valence-electron chi connectivity index (χ0n) is 9.30. The van der Waals surface area contributed by atoms with Crippen LogP contribution in [0.1, 0.15) is 0 Å². The monoisotopic (exact) mass is 236 g/mol. The van der Waals surface area contributed by atoms with E-state index in [1.807, 2.05) is 6.07 Å². The van der Waals surface area contributed by atoms with E-state index in [1.165, 1.54) is 21.9 Å². The van der Waals surface area contributed by atoms with Crippen LogP contribution in [0.15, 0.2) is 71.6 Å². The molecule has 3 aromatic carbocycles. The Morgan fingerprint density at radius 1 is 0.647 bits per heavy atom. The molecule has 1 heteroatoms. The minimum absolute atomic E-state index is 1.02. The molecule has 0 saturated heterocycles. The third-order valence-electron chi connectivity index (χ3n) is 2.97. The van der Waals surface area contributed by atoms with Crippen molar-refractivity contribution < 1.29 is 0 Å². The van der Waals surface area contributed by atoms with Crippen LogP contribution in [-0.2, 0) is 0 Å². The Kier molecular flexibility index (Phi) is 2.62. The van der Waals surface area contributed by atoms with Crippen LogP contribution in [-0.4, -0.2) is 0 Å². The summed E-state index contributed by atoms with van der Waals surface area (Å²) in [7, 11) is 0. The van der Waals surface area contributed by atoms with Crippen molar-refractivity contribution >= 4 is 23.4 Å². The molecule has 82 valence electrons. The van der Waals surface area contributed by atoms with Gasteiger partial charge in [0.15, 0.2) is 0 Å². The molecule has 0 radical (unpaired) electrons. The number of thiol groups is 1. The van der Waals surface area contributed by atoms with Crippen LogP contribution < -0.4 is 0 Å². The smallest absolute Gasteiger partial charge is 0.0125 e. The molecule has 0 aliphatic rings. The van der Waals surface area contributed by atoms with Gasteiger partial charge in [0, 0.05) is 10.5 Å². The summed E-state index contributed by atoms with van der Waals surface area (Å²) in [5.41, 5.74) is 2.43. The van der Waals surface area contributed by atoms with Crippen LogP contribution in [0.5, 0.6) is 0 Å². The normalized spacial score (nSPS) is 10.6. The minimum atomic E-state index is 1.02. The van der Waals surface area contributed by atoms with Crippen molar-refractivity contribution in [2.45, 2.75) is 4.90 Å². The van der Waals surface area contributed by atoms with Crippen LogP contribution in [0.25, 0.3) is 21.9 Å². The molecule has 0 spiro atoms. The average Bonchev–Trinajstić information content (AvgIpc) is 2.39. The van der Waals surface area contributed by atoms with E-state index in [9.17, 15) is 0 Å². The molecule has 0 heterocycles. The standard InChI is InChI=1S/C16H12S/c17-15-11-10-12-6-4-5-9-14(12)16(15)13-7-2-1-3-8-13/h1-11,17H. The molecule has 3 aromatic rings. The first-order valence-electron chi connectivity index (χ1n) is 5.62. The Morgan fingerprint density at radius 3 is 2.18 bits per heavy atom. The first-order valence-corrected chi connectivity index (χ1v) is 6.07. The van der Waals surface area contributed by atoms with Crippen LogP contribution in [0, 0.1) is 0 Å². The van der Waals surface area contributed by atoms with Gasteiger partial charge >= 0.3 is 0 Å². The SMILES string of the molecule is Sc1ccc2ccccc2c1-c1ccccc1. The van der Waals surface area contributed by atoms with E-state index in [2.05, 4.69) is 73.3 Å². The molecule has 3 rings (SSSR count). The van der Waals surface area contributed by atoms with E-state index in [0.29, 0.717) is 0 Å². The van der Waals surface area contributed by atoms with Crippen molar-refractivity contribution in [1.29, 1.82) is 0 Å². The minimum Gasteiger partial charge on any atom is -0.143 e. The maximum atomic E-state index is 4.59. The summed E-state index contributed by atoms with van der Waals surface area (Å²) in [6.07, 6.45) is 0. The van der Waals surface area contributed by atoms with Crippen LogP contribution in [0.3, 0.4) is 0 Å². The predicted octanol–water partition coefficient (Wildman–Crippen LogP) is 4.80. The van der Waals surface area contributed by atoms with Gasteiger partial charge in [0.05, 0.1) is 0 Å². The van der Waals surface area contributed by atoms with Gasteiger partial charge in [0.2, 0.25) is 0 Å². The summed E-state index contributed by atoms with van der Waals surface area (Å²) in [6.45, 7) is 0. The van der Waals surface area contributed by atoms with E-state index in [4.69, 9.17) is 0 Å². The van der Waals surface area contributed by atoms with Gasteiger partial charge in [-0.1, -0.05) is 60.7 Å². The van der Waals surface area contributed by atoms with Crippen LogP contribution in [0.2, 0.25) is 0 Å². The third-order valence-corrected chi connectivity index (χ3v) is 3.34. The molecular formula is C16H12S. The summed E-state index contributed by atoms with van der Waals surface area (Å²) in [4.78, 5) is 1.02. The van der Waals surface area contributed by atoms with Crippen LogP contribution in [0.4, 0.5) is 0 Å². The quantitative estimate of drug-likeness (QED) is 0.577. The fourth-order valence-electron chi connectivity index (χ4n) is 2.17. The van der Waals surface area contributed by atoms with Crippen molar-refractivity contribution in [3.05, 3.63) is 66.7 Å².